The van der Waals surface area contributed by atoms with Crippen LogP contribution in [0.4, 0.5) is 8.78 Å². The Morgan fingerprint density at radius 2 is 1.82 bits per heavy atom. The Hall–Kier alpha value is -2.67. The Labute approximate surface area is 163 Å². The second-order valence-corrected chi connectivity index (χ2v) is 6.80. The van der Waals surface area contributed by atoms with Crippen molar-refractivity contribution < 1.29 is 23.0 Å². The van der Waals surface area contributed by atoms with Gasteiger partial charge >= 0.3 is 6.61 Å². The topological polar surface area (TPSA) is 42.0 Å². The first-order valence-electron chi connectivity index (χ1n) is 9.16. The fourth-order valence-electron chi connectivity index (χ4n) is 3.35. The van der Waals surface area contributed by atoms with Crippen molar-refractivity contribution in [1.29, 1.82) is 0 Å². The van der Waals surface area contributed by atoms with E-state index in [0.717, 1.165) is 19.6 Å². The van der Waals surface area contributed by atoms with E-state index in [-0.39, 0.29) is 17.4 Å². The average Bonchev–Trinajstić information content (AvgIpc) is 2.68. The lowest BCUT2D eigenvalue weighted by atomic mass is 10.1. The number of ether oxygens (including phenoxy) is 2. The van der Waals surface area contributed by atoms with Crippen LogP contribution in [0, 0.1) is 6.92 Å². The summed E-state index contributed by atoms with van der Waals surface area (Å²) in [7, 11) is 1.35. The molecule has 0 spiro atoms. The molecule has 0 N–H and O–H groups in total. The van der Waals surface area contributed by atoms with Crippen LogP contribution in [0.2, 0.25) is 0 Å². The first-order valence-corrected chi connectivity index (χ1v) is 9.16. The largest absolute Gasteiger partial charge is 0.493 e. The number of halogens is 2. The summed E-state index contributed by atoms with van der Waals surface area (Å²) in [5.41, 5.74) is 2.89. The van der Waals surface area contributed by atoms with Gasteiger partial charge in [0.2, 0.25) is 0 Å². The molecule has 7 heteroatoms. The van der Waals surface area contributed by atoms with E-state index in [1.807, 2.05) is 0 Å². The number of carbonyl (C=O) groups is 1. The molecule has 1 heterocycles. The summed E-state index contributed by atoms with van der Waals surface area (Å²) in [4.78, 5) is 16.9. The molecule has 1 amide bonds. The number of alkyl halides is 2. The molecule has 0 radical (unpaired) electrons. The summed E-state index contributed by atoms with van der Waals surface area (Å²) in [6.45, 7) is 2.78. The van der Waals surface area contributed by atoms with E-state index in [0.29, 0.717) is 18.7 Å². The van der Waals surface area contributed by atoms with Gasteiger partial charge in [-0.25, -0.2) is 0 Å². The van der Waals surface area contributed by atoms with Gasteiger partial charge in [0, 0.05) is 38.3 Å². The summed E-state index contributed by atoms with van der Waals surface area (Å²) >= 11 is 0. The van der Waals surface area contributed by atoms with Crippen LogP contribution in [0.1, 0.15) is 21.5 Å². The molecule has 0 aliphatic carbocycles. The van der Waals surface area contributed by atoms with Gasteiger partial charge in [-0.15, -0.1) is 0 Å². The van der Waals surface area contributed by atoms with Gasteiger partial charge in [-0.05, 0) is 30.7 Å². The van der Waals surface area contributed by atoms with Gasteiger partial charge in [-0.3, -0.25) is 9.69 Å². The third-order valence-corrected chi connectivity index (χ3v) is 4.77. The lowest BCUT2D eigenvalue weighted by molar-refractivity contribution is -0.0512. The predicted molar refractivity (Wildman–Crippen MR) is 102 cm³/mol. The Morgan fingerprint density at radius 3 is 2.46 bits per heavy atom. The average molecular weight is 390 g/mol. The van der Waals surface area contributed by atoms with Gasteiger partial charge in [0.1, 0.15) is 0 Å². The van der Waals surface area contributed by atoms with E-state index in [2.05, 4.69) is 40.8 Å². The summed E-state index contributed by atoms with van der Waals surface area (Å²) in [5.74, 6) is -0.113. The normalized spacial score (nSPS) is 15.0. The highest BCUT2D eigenvalue weighted by molar-refractivity contribution is 5.95. The Balaban J connectivity index is 1.60. The van der Waals surface area contributed by atoms with Crippen molar-refractivity contribution in [3.8, 4) is 11.5 Å². The lowest BCUT2D eigenvalue weighted by Gasteiger charge is -2.35. The zero-order valence-electron chi connectivity index (χ0n) is 16.0. The number of aryl methyl sites for hydroxylation is 1. The first-order chi connectivity index (χ1) is 13.5. The summed E-state index contributed by atoms with van der Waals surface area (Å²) in [6, 6.07) is 12.7. The van der Waals surface area contributed by atoms with Crippen molar-refractivity contribution >= 4 is 5.91 Å². The monoisotopic (exact) mass is 390 g/mol. The minimum Gasteiger partial charge on any atom is -0.493 e. The number of nitrogens with zero attached hydrogens (tertiary/aromatic N) is 2. The van der Waals surface area contributed by atoms with Crippen molar-refractivity contribution in [2.45, 2.75) is 20.1 Å². The molecule has 0 unspecified atom stereocenters. The molecular formula is C21H24F2N2O3. The van der Waals surface area contributed by atoms with Crippen LogP contribution in [-0.4, -0.2) is 55.6 Å². The minimum absolute atomic E-state index is 0.0861. The molecule has 2 aromatic rings. The van der Waals surface area contributed by atoms with Crippen molar-refractivity contribution in [2.24, 2.45) is 0 Å². The fourth-order valence-corrected chi connectivity index (χ4v) is 3.35. The number of methoxy groups -OCH3 is 1. The number of hydrogen-bond acceptors (Lipinski definition) is 4. The smallest absolute Gasteiger partial charge is 0.387 e. The maximum Gasteiger partial charge on any atom is 0.387 e. The second kappa shape index (κ2) is 9.01. The van der Waals surface area contributed by atoms with Gasteiger partial charge in [-0.1, -0.05) is 29.8 Å². The van der Waals surface area contributed by atoms with Crippen LogP contribution < -0.4 is 9.47 Å². The lowest BCUT2D eigenvalue weighted by Crippen LogP contribution is -2.48. The van der Waals surface area contributed by atoms with Gasteiger partial charge in [-0.2, -0.15) is 8.78 Å². The van der Waals surface area contributed by atoms with Crippen LogP contribution >= 0.6 is 0 Å². The molecule has 2 aromatic carbocycles. The highest BCUT2D eigenvalue weighted by Crippen LogP contribution is 2.30. The minimum atomic E-state index is -2.95. The number of rotatable bonds is 6. The predicted octanol–water partition coefficient (Wildman–Crippen LogP) is 3.56. The molecule has 0 aromatic heterocycles. The highest BCUT2D eigenvalue weighted by Gasteiger charge is 2.23. The summed E-state index contributed by atoms with van der Waals surface area (Å²) in [6.07, 6.45) is 0. The van der Waals surface area contributed by atoms with E-state index in [1.54, 1.807) is 4.90 Å². The number of hydrogen-bond donors (Lipinski definition) is 0. The highest BCUT2D eigenvalue weighted by atomic mass is 19.3. The fraction of sp³-hybridized carbons (Fsp3) is 0.381. The van der Waals surface area contributed by atoms with E-state index < -0.39 is 6.61 Å². The molecule has 0 saturated carbocycles. The number of benzene rings is 2. The van der Waals surface area contributed by atoms with Gasteiger partial charge in [0.05, 0.1) is 7.11 Å². The molecule has 150 valence electrons. The summed E-state index contributed by atoms with van der Waals surface area (Å²) in [5, 5.41) is 0. The van der Waals surface area contributed by atoms with E-state index >= 15 is 0 Å². The molecule has 3 rings (SSSR count). The molecular weight excluding hydrogens is 366 g/mol. The van der Waals surface area contributed by atoms with Crippen molar-refractivity contribution in [3.63, 3.8) is 0 Å². The maximum absolute atomic E-state index is 12.8. The van der Waals surface area contributed by atoms with Crippen LogP contribution in [0.15, 0.2) is 42.5 Å². The van der Waals surface area contributed by atoms with Gasteiger partial charge in [0.25, 0.3) is 5.91 Å². The molecule has 1 aliphatic rings. The Kier molecular flexibility index (Phi) is 6.46. The zero-order chi connectivity index (χ0) is 20.1. The van der Waals surface area contributed by atoms with Crippen molar-refractivity contribution in [2.75, 3.05) is 33.3 Å². The van der Waals surface area contributed by atoms with Crippen LogP contribution in [0.3, 0.4) is 0 Å². The molecule has 1 aliphatic heterocycles. The van der Waals surface area contributed by atoms with E-state index in [1.165, 1.54) is 36.4 Å². The maximum atomic E-state index is 12.8. The van der Waals surface area contributed by atoms with Gasteiger partial charge in [0.15, 0.2) is 11.5 Å². The molecule has 28 heavy (non-hydrogen) atoms. The number of amides is 1. The van der Waals surface area contributed by atoms with Crippen molar-refractivity contribution in [1.82, 2.24) is 9.80 Å². The molecule has 1 saturated heterocycles. The second-order valence-electron chi connectivity index (χ2n) is 6.80. The van der Waals surface area contributed by atoms with Crippen molar-refractivity contribution in [3.05, 3.63) is 59.2 Å². The quantitative estimate of drug-likeness (QED) is 0.756. The third kappa shape index (κ3) is 4.98. The van der Waals surface area contributed by atoms with E-state index in [4.69, 9.17) is 4.74 Å². The van der Waals surface area contributed by atoms with E-state index in [9.17, 15) is 13.6 Å². The van der Waals surface area contributed by atoms with Crippen LogP contribution in [0.5, 0.6) is 11.5 Å². The van der Waals surface area contributed by atoms with Crippen LogP contribution in [0.25, 0.3) is 0 Å². The molecule has 5 nitrogen and oxygen atoms in total. The standard InChI is InChI=1S/C21H24F2N2O3/c1-15-4-3-5-16(12-15)14-24-8-10-25(11-9-24)20(26)17-6-7-18(28-21(22)23)19(13-17)27-2/h3-7,12-13,21H,8-11,14H2,1-2H3. The molecule has 1 fully saturated rings. The SMILES string of the molecule is COc1cc(C(=O)N2CCN(Cc3cccc(C)c3)CC2)ccc1OC(F)F. The molecule has 0 bridgehead atoms. The van der Waals surface area contributed by atoms with Gasteiger partial charge < -0.3 is 14.4 Å². The number of piperazine rings is 1. The van der Waals surface area contributed by atoms with Crippen LogP contribution in [-0.2, 0) is 6.54 Å². The number of carbonyl (C=O) groups excluding carboxylic acids is 1. The third-order valence-electron chi connectivity index (χ3n) is 4.77. The molecule has 0 atom stereocenters. The Bertz CT molecular complexity index is 821. The zero-order valence-corrected chi connectivity index (χ0v) is 16.0. The Morgan fingerprint density at radius 1 is 1.07 bits per heavy atom. The summed E-state index contributed by atoms with van der Waals surface area (Å²) < 4.78 is 34.4. The first kappa shape index (κ1) is 20.1.